The predicted molar refractivity (Wildman–Crippen MR) is 43.8 cm³/mol. The van der Waals surface area contributed by atoms with Gasteiger partial charge in [0.05, 0.1) is 0 Å². The minimum absolute atomic E-state index is 0.380. The normalized spacial score (nSPS) is 18.2. The van der Waals surface area contributed by atoms with Crippen LogP contribution in [0.25, 0.3) is 0 Å². The molecule has 0 atom stereocenters. The van der Waals surface area contributed by atoms with Gasteiger partial charge in [0.15, 0.2) is 0 Å². The van der Waals surface area contributed by atoms with E-state index in [-0.39, 0.29) is 5.91 Å². The molecule has 0 bridgehead atoms. The van der Waals surface area contributed by atoms with Crippen LogP contribution in [0.2, 0.25) is 0 Å². The molecular formula is C6H12N2O3S. The molecule has 0 aromatic rings. The van der Waals surface area contributed by atoms with E-state index in [1.165, 1.54) is 4.90 Å². The number of amides is 1. The highest BCUT2D eigenvalue weighted by Gasteiger charge is 2.21. The highest BCUT2D eigenvalue weighted by molar-refractivity contribution is 7.89. The fraction of sp³-hybridized carbons (Fsp3) is 0.833. The number of sulfonamides is 1. The number of nitrogens with zero attached hydrogens (tertiary/aromatic N) is 1. The van der Waals surface area contributed by atoms with Crippen molar-refractivity contribution in [2.75, 3.05) is 18.8 Å². The van der Waals surface area contributed by atoms with Crippen molar-refractivity contribution in [3.63, 3.8) is 0 Å². The molecule has 0 aromatic heterocycles. The second-order valence-electron chi connectivity index (χ2n) is 2.90. The van der Waals surface area contributed by atoms with Crippen LogP contribution in [0.4, 0.5) is 0 Å². The Morgan fingerprint density at radius 1 is 1.33 bits per heavy atom. The summed E-state index contributed by atoms with van der Waals surface area (Å²) in [5, 5.41) is 4.73. The van der Waals surface area contributed by atoms with Crippen LogP contribution in [0.3, 0.4) is 0 Å². The number of nitrogens with two attached hydrogens (primary N) is 1. The lowest BCUT2D eigenvalue weighted by Gasteiger charge is -2.13. The van der Waals surface area contributed by atoms with Gasteiger partial charge in [-0.15, -0.1) is 0 Å². The van der Waals surface area contributed by atoms with Crippen LogP contribution < -0.4 is 5.14 Å². The van der Waals surface area contributed by atoms with E-state index in [0.717, 1.165) is 12.8 Å². The highest BCUT2D eigenvalue weighted by atomic mass is 32.2. The largest absolute Gasteiger partial charge is 0.342 e. The number of primary sulfonamides is 1. The SMILES string of the molecule is NS(=O)(=O)CC(=O)N1CCCC1. The summed E-state index contributed by atoms with van der Waals surface area (Å²) in [5.74, 6) is -0.942. The third-order valence-electron chi connectivity index (χ3n) is 1.78. The molecule has 0 aliphatic carbocycles. The average molecular weight is 192 g/mol. The summed E-state index contributed by atoms with van der Waals surface area (Å²) >= 11 is 0. The van der Waals surface area contributed by atoms with Gasteiger partial charge in [-0.05, 0) is 12.8 Å². The summed E-state index contributed by atoms with van der Waals surface area (Å²) in [4.78, 5) is 12.7. The maximum absolute atomic E-state index is 11.1. The molecule has 70 valence electrons. The van der Waals surface area contributed by atoms with Crippen LogP contribution in [0.15, 0.2) is 0 Å². The zero-order valence-electron chi connectivity index (χ0n) is 6.69. The second-order valence-corrected chi connectivity index (χ2v) is 4.51. The fourth-order valence-corrected chi connectivity index (χ4v) is 1.76. The molecule has 0 unspecified atom stereocenters. The first-order chi connectivity index (χ1) is 5.49. The molecule has 0 radical (unpaired) electrons. The Morgan fingerprint density at radius 3 is 2.25 bits per heavy atom. The summed E-state index contributed by atoms with van der Waals surface area (Å²) in [7, 11) is -3.65. The predicted octanol–water partition coefficient (Wildman–Crippen LogP) is -1.10. The molecule has 2 N–H and O–H groups in total. The van der Waals surface area contributed by atoms with Crippen molar-refractivity contribution in [2.45, 2.75) is 12.8 Å². The van der Waals surface area contributed by atoms with Gasteiger partial charge in [-0.3, -0.25) is 4.79 Å². The van der Waals surface area contributed by atoms with Gasteiger partial charge in [0.25, 0.3) is 0 Å². The quantitative estimate of drug-likeness (QED) is 0.603. The third-order valence-corrected chi connectivity index (χ3v) is 2.43. The lowest BCUT2D eigenvalue weighted by atomic mass is 10.4. The van der Waals surface area contributed by atoms with E-state index in [2.05, 4.69) is 0 Å². The summed E-state index contributed by atoms with van der Waals surface area (Å²) in [6, 6.07) is 0. The van der Waals surface area contributed by atoms with E-state index >= 15 is 0 Å². The van der Waals surface area contributed by atoms with Crippen LogP contribution >= 0.6 is 0 Å². The Morgan fingerprint density at radius 2 is 1.83 bits per heavy atom. The van der Waals surface area contributed by atoms with E-state index in [4.69, 9.17) is 5.14 Å². The van der Waals surface area contributed by atoms with E-state index < -0.39 is 15.8 Å². The molecule has 12 heavy (non-hydrogen) atoms. The number of carbonyl (C=O) groups is 1. The number of likely N-dealkylation sites (tertiary alicyclic amines) is 1. The van der Waals surface area contributed by atoms with Gasteiger partial charge in [0, 0.05) is 13.1 Å². The first-order valence-electron chi connectivity index (χ1n) is 3.77. The van der Waals surface area contributed by atoms with E-state index in [0.29, 0.717) is 13.1 Å². The summed E-state index contributed by atoms with van der Waals surface area (Å²) < 4.78 is 21.1. The molecule has 1 aliphatic rings. The van der Waals surface area contributed by atoms with Gasteiger partial charge in [0.2, 0.25) is 15.9 Å². The lowest BCUT2D eigenvalue weighted by Crippen LogP contribution is -2.35. The van der Waals surface area contributed by atoms with Gasteiger partial charge in [-0.1, -0.05) is 0 Å². The first-order valence-corrected chi connectivity index (χ1v) is 5.49. The Labute approximate surface area is 71.6 Å². The van der Waals surface area contributed by atoms with Gasteiger partial charge in [-0.2, -0.15) is 0 Å². The molecule has 1 heterocycles. The molecule has 0 aromatic carbocycles. The fourth-order valence-electron chi connectivity index (χ4n) is 1.23. The Kier molecular flexibility index (Phi) is 2.69. The molecule has 1 saturated heterocycles. The van der Waals surface area contributed by atoms with Crippen molar-refractivity contribution in [3.8, 4) is 0 Å². The molecule has 6 heteroatoms. The molecular weight excluding hydrogens is 180 g/mol. The van der Waals surface area contributed by atoms with Crippen molar-refractivity contribution < 1.29 is 13.2 Å². The van der Waals surface area contributed by atoms with Crippen molar-refractivity contribution >= 4 is 15.9 Å². The van der Waals surface area contributed by atoms with E-state index in [1.807, 2.05) is 0 Å². The van der Waals surface area contributed by atoms with Crippen LogP contribution in [0.1, 0.15) is 12.8 Å². The summed E-state index contributed by atoms with van der Waals surface area (Å²) in [6.45, 7) is 1.32. The minimum Gasteiger partial charge on any atom is -0.342 e. The van der Waals surface area contributed by atoms with Crippen molar-refractivity contribution in [1.82, 2.24) is 4.90 Å². The second kappa shape index (κ2) is 3.40. The van der Waals surface area contributed by atoms with Gasteiger partial charge < -0.3 is 4.90 Å². The number of carbonyl (C=O) groups excluding carboxylic acids is 1. The zero-order chi connectivity index (χ0) is 9.19. The maximum Gasteiger partial charge on any atom is 0.239 e. The van der Waals surface area contributed by atoms with E-state index in [9.17, 15) is 13.2 Å². The van der Waals surface area contributed by atoms with Crippen LogP contribution in [0, 0.1) is 0 Å². The molecule has 5 nitrogen and oxygen atoms in total. The van der Waals surface area contributed by atoms with Crippen LogP contribution in [0.5, 0.6) is 0 Å². The average Bonchev–Trinajstić information content (AvgIpc) is 2.32. The smallest absolute Gasteiger partial charge is 0.239 e. The van der Waals surface area contributed by atoms with Crippen LogP contribution in [-0.2, 0) is 14.8 Å². The van der Waals surface area contributed by atoms with Crippen LogP contribution in [-0.4, -0.2) is 38.1 Å². The molecule has 1 rings (SSSR count). The topological polar surface area (TPSA) is 80.5 Å². The molecule has 1 amide bonds. The Hall–Kier alpha value is -0.620. The highest BCUT2D eigenvalue weighted by Crippen LogP contribution is 2.07. The zero-order valence-corrected chi connectivity index (χ0v) is 7.51. The monoisotopic (exact) mass is 192 g/mol. The standard InChI is InChI=1S/C6H12N2O3S/c7-12(10,11)5-6(9)8-3-1-2-4-8/h1-5H2,(H2,7,10,11). The maximum atomic E-state index is 11.1. The molecule has 1 fully saturated rings. The van der Waals surface area contributed by atoms with Gasteiger partial charge in [0.1, 0.15) is 5.75 Å². The summed E-state index contributed by atoms with van der Waals surface area (Å²) in [5.41, 5.74) is 0. The molecule has 0 saturated carbocycles. The lowest BCUT2D eigenvalue weighted by molar-refractivity contribution is -0.127. The third kappa shape index (κ3) is 2.78. The summed E-state index contributed by atoms with van der Waals surface area (Å²) in [6.07, 6.45) is 1.91. The van der Waals surface area contributed by atoms with Crippen molar-refractivity contribution in [2.24, 2.45) is 5.14 Å². The molecule has 0 spiro atoms. The minimum atomic E-state index is -3.65. The first kappa shape index (κ1) is 9.47. The number of hydrogen-bond acceptors (Lipinski definition) is 3. The van der Waals surface area contributed by atoms with Gasteiger partial charge >= 0.3 is 0 Å². The Balaban J connectivity index is 2.48. The molecule has 1 aliphatic heterocycles. The number of rotatable bonds is 2. The van der Waals surface area contributed by atoms with Crippen molar-refractivity contribution in [1.29, 1.82) is 0 Å². The van der Waals surface area contributed by atoms with Crippen molar-refractivity contribution in [3.05, 3.63) is 0 Å². The van der Waals surface area contributed by atoms with E-state index in [1.54, 1.807) is 0 Å². The number of hydrogen-bond donors (Lipinski definition) is 1. The Bertz CT molecular complexity index is 267. The van der Waals surface area contributed by atoms with Gasteiger partial charge in [-0.25, -0.2) is 13.6 Å².